The molecule has 0 unspecified atom stereocenters. The van der Waals surface area contributed by atoms with Gasteiger partial charge in [0.05, 0.1) is 0 Å². The van der Waals surface area contributed by atoms with E-state index in [0.717, 1.165) is 0 Å². The van der Waals surface area contributed by atoms with Crippen molar-refractivity contribution < 1.29 is 0 Å². The van der Waals surface area contributed by atoms with E-state index in [2.05, 4.69) is 163 Å². The van der Waals surface area contributed by atoms with Crippen LogP contribution in [0.5, 0.6) is 0 Å². The number of fused-ring (bicyclic) bond motifs is 4. The van der Waals surface area contributed by atoms with Crippen molar-refractivity contribution in [2.24, 2.45) is 0 Å². The second-order valence-corrected chi connectivity index (χ2v) is 18.3. The van der Waals surface area contributed by atoms with Crippen LogP contribution in [0, 0.1) is 0 Å². The van der Waals surface area contributed by atoms with Crippen molar-refractivity contribution in [2.75, 3.05) is 0 Å². The van der Waals surface area contributed by atoms with Gasteiger partial charge in [0.25, 0.3) is 0 Å². The summed E-state index contributed by atoms with van der Waals surface area (Å²) in [7, 11) is 0. The highest BCUT2D eigenvalue weighted by Gasteiger charge is 2.24. The van der Waals surface area contributed by atoms with Crippen LogP contribution in [0.4, 0.5) is 0 Å². The first kappa shape index (κ1) is 30.1. The molecular formula is C48H38S2. The van der Waals surface area contributed by atoms with Crippen LogP contribution in [0.15, 0.2) is 121 Å². The van der Waals surface area contributed by atoms with Gasteiger partial charge in [0.1, 0.15) is 0 Å². The van der Waals surface area contributed by atoms with Gasteiger partial charge in [-0.25, -0.2) is 0 Å². The van der Waals surface area contributed by atoms with Crippen LogP contribution in [-0.4, -0.2) is 0 Å². The van der Waals surface area contributed by atoms with Gasteiger partial charge in [-0.1, -0.05) is 126 Å². The van der Waals surface area contributed by atoms with Crippen molar-refractivity contribution in [1.82, 2.24) is 0 Å². The van der Waals surface area contributed by atoms with Crippen LogP contribution >= 0.6 is 22.7 Å². The van der Waals surface area contributed by atoms with Crippen LogP contribution in [0.1, 0.15) is 52.7 Å². The van der Waals surface area contributed by atoms with Gasteiger partial charge in [-0.2, -0.15) is 0 Å². The first-order valence-corrected chi connectivity index (χ1v) is 19.3. The standard InChI is InChI=1S/C48H38S2/c1-47(2,3)29-19-15-27(16-20-29)33-23-34(28-17-21-30(22-18-28)48(4,5)6)38-25-36-32-12-8-10-14-40(32)50-42-26-41-44-35(31-11-7-9-13-39(31)49-41)24-37(33)43(38)46(44)45(36)42/h7-26H,1-6H3. The molecule has 0 N–H and O–H groups in total. The predicted octanol–water partition coefficient (Wildman–Crippen LogP) is 15.2. The van der Waals surface area contributed by atoms with E-state index in [-0.39, 0.29) is 10.8 Å². The molecule has 2 heterocycles. The maximum atomic E-state index is 2.53. The van der Waals surface area contributed by atoms with Crippen molar-refractivity contribution in [3.05, 3.63) is 132 Å². The van der Waals surface area contributed by atoms with Crippen LogP contribution < -0.4 is 0 Å². The summed E-state index contributed by atoms with van der Waals surface area (Å²) >= 11 is 3.87. The van der Waals surface area contributed by atoms with Gasteiger partial charge in [0.2, 0.25) is 0 Å². The lowest BCUT2D eigenvalue weighted by Crippen LogP contribution is -2.10. The Bertz CT molecular complexity index is 2760. The Hall–Kier alpha value is -4.76. The fourth-order valence-corrected chi connectivity index (χ4v) is 10.7. The maximum Gasteiger partial charge on any atom is 0.0375 e. The third-order valence-electron chi connectivity index (χ3n) is 10.9. The van der Waals surface area contributed by atoms with E-state index in [1.807, 2.05) is 22.7 Å². The third-order valence-corrected chi connectivity index (χ3v) is 13.2. The summed E-state index contributed by atoms with van der Waals surface area (Å²) in [6.45, 7) is 13.8. The summed E-state index contributed by atoms with van der Waals surface area (Å²) in [4.78, 5) is 0. The zero-order chi connectivity index (χ0) is 34.1. The van der Waals surface area contributed by atoms with Gasteiger partial charge in [-0.3, -0.25) is 0 Å². The summed E-state index contributed by atoms with van der Waals surface area (Å²) in [5.74, 6) is 0. The minimum atomic E-state index is 0.0949. The quantitative estimate of drug-likeness (QED) is 0.126. The summed E-state index contributed by atoms with van der Waals surface area (Å²) in [6.07, 6.45) is 0. The second kappa shape index (κ2) is 10.4. The van der Waals surface area contributed by atoms with Crippen molar-refractivity contribution >= 4 is 95.3 Å². The first-order valence-electron chi connectivity index (χ1n) is 17.7. The van der Waals surface area contributed by atoms with Crippen LogP contribution in [0.25, 0.3) is 94.9 Å². The molecule has 0 atom stereocenters. The first-order chi connectivity index (χ1) is 24.0. The molecule has 0 spiro atoms. The van der Waals surface area contributed by atoms with Crippen molar-refractivity contribution in [3.8, 4) is 22.3 Å². The predicted molar refractivity (Wildman–Crippen MR) is 224 cm³/mol. The molecule has 2 aromatic heterocycles. The highest BCUT2D eigenvalue weighted by molar-refractivity contribution is 7.27. The molecule has 0 radical (unpaired) electrons. The molecule has 0 saturated heterocycles. The largest absolute Gasteiger partial charge is 0.135 e. The average Bonchev–Trinajstić information content (AvgIpc) is 3.11. The second-order valence-electron chi connectivity index (χ2n) is 16.1. The molecular weight excluding hydrogens is 641 g/mol. The third kappa shape index (κ3) is 4.35. The number of rotatable bonds is 2. The highest BCUT2D eigenvalue weighted by Crippen LogP contribution is 2.53. The highest BCUT2D eigenvalue weighted by atomic mass is 32.1. The molecule has 50 heavy (non-hydrogen) atoms. The van der Waals surface area contributed by atoms with Gasteiger partial charge in [0.15, 0.2) is 0 Å². The van der Waals surface area contributed by atoms with E-state index >= 15 is 0 Å². The molecule has 0 aliphatic carbocycles. The number of benzene rings is 8. The fourth-order valence-electron chi connectivity index (χ4n) is 8.29. The van der Waals surface area contributed by atoms with Crippen molar-refractivity contribution in [2.45, 2.75) is 52.4 Å². The molecule has 10 rings (SSSR count). The molecule has 0 bridgehead atoms. The van der Waals surface area contributed by atoms with E-state index in [0.29, 0.717) is 0 Å². The molecule has 0 aliphatic rings. The van der Waals surface area contributed by atoms with Crippen LogP contribution in [0.2, 0.25) is 0 Å². The molecule has 2 heteroatoms. The Morgan fingerprint density at radius 1 is 0.340 bits per heavy atom. The molecule has 10 aromatic rings. The van der Waals surface area contributed by atoms with E-state index in [1.165, 1.54) is 106 Å². The minimum Gasteiger partial charge on any atom is -0.135 e. The van der Waals surface area contributed by atoms with Gasteiger partial charge >= 0.3 is 0 Å². The van der Waals surface area contributed by atoms with Crippen LogP contribution in [-0.2, 0) is 10.8 Å². The normalized spacial score (nSPS) is 13.0. The zero-order valence-electron chi connectivity index (χ0n) is 29.4. The molecule has 0 aliphatic heterocycles. The van der Waals surface area contributed by atoms with Gasteiger partial charge in [-0.15, -0.1) is 22.7 Å². The van der Waals surface area contributed by atoms with Gasteiger partial charge < -0.3 is 0 Å². The van der Waals surface area contributed by atoms with E-state index < -0.39 is 0 Å². The Morgan fingerprint density at radius 2 is 0.760 bits per heavy atom. The number of hydrogen-bond donors (Lipinski definition) is 0. The molecule has 0 saturated carbocycles. The smallest absolute Gasteiger partial charge is 0.0375 e. The maximum absolute atomic E-state index is 2.53. The lowest BCUT2D eigenvalue weighted by molar-refractivity contribution is 0.590. The van der Waals surface area contributed by atoms with Crippen LogP contribution in [0.3, 0.4) is 0 Å². The Balaban J connectivity index is 1.45. The monoisotopic (exact) mass is 678 g/mol. The number of hydrogen-bond acceptors (Lipinski definition) is 2. The molecule has 0 nitrogen and oxygen atoms in total. The van der Waals surface area contributed by atoms with E-state index in [9.17, 15) is 0 Å². The summed E-state index contributed by atoms with van der Waals surface area (Å²) in [5, 5.41) is 13.7. The van der Waals surface area contributed by atoms with Gasteiger partial charge in [0, 0.05) is 35.0 Å². The Labute approximate surface area is 300 Å². The molecule has 8 aromatic carbocycles. The summed E-state index contributed by atoms with van der Waals surface area (Å²) in [5.41, 5.74) is 8.03. The lowest BCUT2D eigenvalue weighted by atomic mass is 9.81. The van der Waals surface area contributed by atoms with Crippen molar-refractivity contribution in [1.29, 1.82) is 0 Å². The topological polar surface area (TPSA) is 0 Å². The van der Waals surface area contributed by atoms with Gasteiger partial charge in [-0.05, 0) is 118 Å². The van der Waals surface area contributed by atoms with E-state index in [1.54, 1.807) is 0 Å². The zero-order valence-corrected chi connectivity index (χ0v) is 31.0. The summed E-state index contributed by atoms with van der Waals surface area (Å²) < 4.78 is 5.40. The Morgan fingerprint density at radius 3 is 1.18 bits per heavy atom. The Kier molecular flexibility index (Phi) is 6.25. The van der Waals surface area contributed by atoms with Crippen molar-refractivity contribution in [3.63, 3.8) is 0 Å². The lowest BCUT2D eigenvalue weighted by Gasteiger charge is -2.24. The minimum absolute atomic E-state index is 0.0949. The van der Waals surface area contributed by atoms with E-state index in [4.69, 9.17) is 0 Å². The molecule has 0 fully saturated rings. The summed E-state index contributed by atoms with van der Waals surface area (Å²) in [6, 6.07) is 46.8. The average molecular weight is 679 g/mol. The SMILES string of the molecule is CC(C)(C)c1ccc(-c2cc(-c3ccc(C(C)(C)C)cc3)c3cc4c5ccccc5sc5cc6sc7ccccc7c7cc2c3c(c67)c54)cc1. The molecule has 0 amide bonds. The molecule has 242 valence electrons. The fraction of sp³-hybridized carbons (Fsp3) is 0.167.